The summed E-state index contributed by atoms with van der Waals surface area (Å²) in [5.74, 6) is -0.681. The van der Waals surface area contributed by atoms with Gasteiger partial charge in [0.1, 0.15) is 5.54 Å². The van der Waals surface area contributed by atoms with E-state index in [0.717, 1.165) is 38.6 Å². The fourth-order valence-electron chi connectivity index (χ4n) is 3.42. The summed E-state index contributed by atoms with van der Waals surface area (Å²) < 4.78 is 0. The Bertz CT molecular complexity index is 290. The largest absolute Gasteiger partial charge is 0.480 e. The Hall–Kier alpha value is -0.610. The summed E-state index contributed by atoms with van der Waals surface area (Å²) in [6.07, 6.45) is 4.73. The van der Waals surface area contributed by atoms with E-state index in [9.17, 15) is 9.90 Å². The molecular formula is C15H30N2O2. The van der Waals surface area contributed by atoms with Gasteiger partial charge in [0, 0.05) is 12.1 Å². The van der Waals surface area contributed by atoms with Crippen molar-refractivity contribution in [3.05, 3.63) is 0 Å². The second-order valence-electron chi connectivity index (χ2n) is 6.00. The van der Waals surface area contributed by atoms with Crippen molar-refractivity contribution in [3.8, 4) is 0 Å². The van der Waals surface area contributed by atoms with Crippen LogP contribution in [0.4, 0.5) is 0 Å². The van der Waals surface area contributed by atoms with E-state index in [-0.39, 0.29) is 0 Å². The van der Waals surface area contributed by atoms with E-state index in [2.05, 4.69) is 31.0 Å². The van der Waals surface area contributed by atoms with Crippen LogP contribution in [0, 0.1) is 0 Å². The monoisotopic (exact) mass is 270 g/mol. The minimum Gasteiger partial charge on any atom is -0.480 e. The summed E-state index contributed by atoms with van der Waals surface area (Å²) in [5, 5.41) is 12.8. The zero-order valence-electron chi connectivity index (χ0n) is 12.9. The number of hydrogen-bond donors (Lipinski definition) is 2. The number of nitrogens with zero attached hydrogens (tertiary/aromatic N) is 1. The lowest BCUT2D eigenvalue weighted by molar-refractivity contribution is -0.147. The van der Waals surface area contributed by atoms with Crippen LogP contribution >= 0.6 is 0 Å². The zero-order valence-corrected chi connectivity index (χ0v) is 12.9. The molecule has 2 N–H and O–H groups in total. The van der Waals surface area contributed by atoms with Crippen LogP contribution in [0.2, 0.25) is 0 Å². The Morgan fingerprint density at radius 3 is 2.63 bits per heavy atom. The molecule has 1 saturated carbocycles. The number of rotatable bonds is 7. The van der Waals surface area contributed by atoms with Crippen molar-refractivity contribution in [2.24, 2.45) is 0 Å². The van der Waals surface area contributed by atoms with Crippen LogP contribution < -0.4 is 5.32 Å². The third kappa shape index (κ3) is 3.93. The van der Waals surface area contributed by atoms with Gasteiger partial charge in [-0.2, -0.15) is 0 Å². The molecule has 4 heteroatoms. The summed E-state index contributed by atoms with van der Waals surface area (Å²) in [7, 11) is 0. The lowest BCUT2D eigenvalue weighted by atomic mass is 9.78. The summed E-state index contributed by atoms with van der Waals surface area (Å²) in [6.45, 7) is 10.4. The molecule has 0 amide bonds. The van der Waals surface area contributed by atoms with Crippen LogP contribution in [0.5, 0.6) is 0 Å². The van der Waals surface area contributed by atoms with Crippen molar-refractivity contribution < 1.29 is 9.90 Å². The van der Waals surface area contributed by atoms with Gasteiger partial charge in [-0.15, -0.1) is 0 Å². The van der Waals surface area contributed by atoms with E-state index in [1.807, 2.05) is 6.92 Å². The molecule has 0 saturated heterocycles. The van der Waals surface area contributed by atoms with Crippen molar-refractivity contribution in [2.45, 2.75) is 77.4 Å². The first-order chi connectivity index (χ1) is 8.96. The van der Waals surface area contributed by atoms with Crippen LogP contribution in [0.1, 0.15) is 59.8 Å². The zero-order chi connectivity index (χ0) is 14.5. The molecule has 112 valence electrons. The SMILES string of the molecule is CCCN(C(C)C)C1CCCC(NCC)(C(=O)O)C1. The minimum atomic E-state index is -0.710. The number of aliphatic carboxylic acids is 1. The summed E-state index contributed by atoms with van der Waals surface area (Å²) in [6, 6.07) is 0.875. The van der Waals surface area contributed by atoms with Crippen LogP contribution in [0.3, 0.4) is 0 Å². The first-order valence-electron chi connectivity index (χ1n) is 7.71. The van der Waals surface area contributed by atoms with Crippen LogP contribution in [0.25, 0.3) is 0 Å². The topological polar surface area (TPSA) is 52.6 Å². The highest BCUT2D eigenvalue weighted by Gasteiger charge is 2.43. The standard InChI is InChI=1S/C15H30N2O2/c1-5-10-17(12(3)4)13-8-7-9-15(11-13,14(18)19)16-6-2/h12-13,16H,5-11H2,1-4H3,(H,18,19). The lowest BCUT2D eigenvalue weighted by Crippen LogP contribution is -2.59. The molecule has 1 fully saturated rings. The van der Waals surface area contributed by atoms with Gasteiger partial charge >= 0.3 is 5.97 Å². The van der Waals surface area contributed by atoms with E-state index >= 15 is 0 Å². The summed E-state index contributed by atoms with van der Waals surface area (Å²) >= 11 is 0. The molecule has 2 unspecified atom stereocenters. The van der Waals surface area contributed by atoms with Crippen LogP contribution in [-0.2, 0) is 4.79 Å². The van der Waals surface area contributed by atoms with Crippen LogP contribution in [-0.4, -0.2) is 46.7 Å². The molecule has 19 heavy (non-hydrogen) atoms. The maximum Gasteiger partial charge on any atom is 0.323 e. The highest BCUT2D eigenvalue weighted by atomic mass is 16.4. The molecular weight excluding hydrogens is 240 g/mol. The van der Waals surface area contributed by atoms with Gasteiger partial charge in [-0.05, 0) is 59.0 Å². The van der Waals surface area contributed by atoms with Crippen molar-refractivity contribution in [1.82, 2.24) is 10.2 Å². The quantitative estimate of drug-likeness (QED) is 0.746. The summed E-state index contributed by atoms with van der Waals surface area (Å²) in [4.78, 5) is 14.2. The number of carboxylic acids is 1. The van der Waals surface area contributed by atoms with Gasteiger partial charge in [-0.25, -0.2) is 0 Å². The first kappa shape index (κ1) is 16.4. The predicted molar refractivity (Wildman–Crippen MR) is 78.4 cm³/mol. The Morgan fingerprint density at radius 2 is 2.16 bits per heavy atom. The highest BCUT2D eigenvalue weighted by Crippen LogP contribution is 2.32. The minimum absolute atomic E-state index is 0.392. The molecule has 0 bridgehead atoms. The van der Waals surface area contributed by atoms with Gasteiger partial charge < -0.3 is 10.4 Å². The molecule has 0 aromatic rings. The van der Waals surface area contributed by atoms with Gasteiger partial charge in [-0.3, -0.25) is 9.69 Å². The Balaban J connectivity index is 2.83. The molecule has 0 aliphatic heterocycles. The molecule has 0 aromatic carbocycles. The normalized spacial score (nSPS) is 28.0. The van der Waals surface area contributed by atoms with Gasteiger partial charge in [0.2, 0.25) is 0 Å². The predicted octanol–water partition coefficient (Wildman–Crippen LogP) is 2.48. The second kappa shape index (κ2) is 7.25. The number of carbonyl (C=O) groups is 1. The maximum atomic E-state index is 11.7. The summed E-state index contributed by atoms with van der Waals surface area (Å²) in [5.41, 5.74) is -0.710. The third-order valence-electron chi connectivity index (χ3n) is 4.26. The molecule has 1 rings (SSSR count). The number of likely N-dealkylation sites (N-methyl/N-ethyl adjacent to an activating group) is 1. The van der Waals surface area contributed by atoms with E-state index in [4.69, 9.17) is 0 Å². The Kier molecular flexibility index (Phi) is 6.27. The first-order valence-corrected chi connectivity index (χ1v) is 7.71. The van der Waals surface area contributed by atoms with Crippen molar-refractivity contribution in [1.29, 1.82) is 0 Å². The van der Waals surface area contributed by atoms with E-state index in [0.29, 0.717) is 18.6 Å². The highest BCUT2D eigenvalue weighted by molar-refractivity contribution is 5.79. The molecule has 2 atom stereocenters. The van der Waals surface area contributed by atoms with E-state index in [1.165, 1.54) is 0 Å². The smallest absolute Gasteiger partial charge is 0.323 e. The van der Waals surface area contributed by atoms with Crippen LogP contribution in [0.15, 0.2) is 0 Å². The Labute approximate surface area is 117 Å². The van der Waals surface area contributed by atoms with Crippen molar-refractivity contribution in [2.75, 3.05) is 13.1 Å². The second-order valence-corrected chi connectivity index (χ2v) is 6.00. The Morgan fingerprint density at radius 1 is 1.47 bits per heavy atom. The average Bonchev–Trinajstić information content (AvgIpc) is 2.36. The molecule has 0 heterocycles. The number of nitrogens with one attached hydrogen (secondary N) is 1. The molecule has 1 aliphatic carbocycles. The molecule has 0 spiro atoms. The molecule has 0 aromatic heterocycles. The van der Waals surface area contributed by atoms with E-state index < -0.39 is 11.5 Å². The molecule has 1 aliphatic rings. The van der Waals surface area contributed by atoms with Crippen molar-refractivity contribution in [3.63, 3.8) is 0 Å². The maximum absolute atomic E-state index is 11.7. The average molecular weight is 270 g/mol. The van der Waals surface area contributed by atoms with Gasteiger partial charge in [-0.1, -0.05) is 13.8 Å². The van der Waals surface area contributed by atoms with Gasteiger partial charge in [0.25, 0.3) is 0 Å². The van der Waals surface area contributed by atoms with E-state index in [1.54, 1.807) is 0 Å². The molecule has 4 nitrogen and oxygen atoms in total. The van der Waals surface area contributed by atoms with Gasteiger partial charge in [0.15, 0.2) is 0 Å². The third-order valence-corrected chi connectivity index (χ3v) is 4.26. The van der Waals surface area contributed by atoms with Crippen molar-refractivity contribution >= 4 is 5.97 Å². The van der Waals surface area contributed by atoms with Gasteiger partial charge in [0.05, 0.1) is 0 Å². The number of carboxylic acid groups (broad SMARTS) is 1. The fourth-order valence-corrected chi connectivity index (χ4v) is 3.42. The molecule has 0 radical (unpaired) electrons. The fraction of sp³-hybridized carbons (Fsp3) is 0.933. The number of hydrogen-bond acceptors (Lipinski definition) is 3. The lowest BCUT2D eigenvalue weighted by Gasteiger charge is -2.44.